The first-order chi connectivity index (χ1) is 3.84. The topological polar surface area (TPSA) is 73.9 Å². The van der Waals surface area contributed by atoms with Crippen molar-refractivity contribution in [2.45, 2.75) is 12.2 Å². The predicted octanol–water partition coefficient (Wildman–Crippen LogP) is -1.69. The zero-order valence-corrected chi connectivity index (χ0v) is 4.39. The Morgan fingerprint density at radius 3 is 2.62 bits per heavy atom. The molecule has 0 aromatic heterocycles. The molecule has 0 spiro atoms. The van der Waals surface area contributed by atoms with Crippen molar-refractivity contribution in [1.82, 2.24) is 10.6 Å². The number of nitrogens with two attached hydrogens (primary N) is 1. The van der Waals surface area contributed by atoms with Crippen LogP contribution in [0.3, 0.4) is 0 Å². The Hall–Kier alpha value is -0.630. The summed E-state index contributed by atoms with van der Waals surface area (Å²) in [4.78, 5) is 0. The molecule has 44 valence electrons. The number of nitriles is 1. The number of hydrogen-bond acceptors (Lipinski definition) is 4. The van der Waals surface area contributed by atoms with E-state index in [1.54, 1.807) is 0 Å². The number of nitrogens with one attached hydrogen (secondary N) is 2. The van der Waals surface area contributed by atoms with E-state index in [0.29, 0.717) is 6.67 Å². The first-order valence-corrected chi connectivity index (χ1v) is 2.46. The summed E-state index contributed by atoms with van der Waals surface area (Å²) in [7, 11) is 0. The lowest BCUT2D eigenvalue weighted by atomic mass is 10.3. The number of rotatable bonds is 0. The van der Waals surface area contributed by atoms with Crippen molar-refractivity contribution in [2.24, 2.45) is 5.73 Å². The fourth-order valence-electron chi connectivity index (χ4n) is 0.657. The Balaban J connectivity index is 2.45. The lowest BCUT2D eigenvalue weighted by Gasteiger charge is -2.02. The van der Waals surface area contributed by atoms with Gasteiger partial charge in [0.1, 0.15) is 6.04 Å². The van der Waals surface area contributed by atoms with Crippen LogP contribution >= 0.6 is 0 Å². The summed E-state index contributed by atoms with van der Waals surface area (Å²) in [6.07, 6.45) is -0.194. The molecule has 0 bridgehead atoms. The Kier molecular flexibility index (Phi) is 1.44. The molecule has 1 saturated heterocycles. The van der Waals surface area contributed by atoms with Crippen LogP contribution in [-0.2, 0) is 0 Å². The molecule has 4 heteroatoms. The third-order valence-electron chi connectivity index (χ3n) is 1.16. The fourth-order valence-corrected chi connectivity index (χ4v) is 0.657. The minimum atomic E-state index is -0.213. The highest BCUT2D eigenvalue weighted by Crippen LogP contribution is 1.88. The highest BCUT2D eigenvalue weighted by Gasteiger charge is 2.20. The van der Waals surface area contributed by atoms with E-state index < -0.39 is 0 Å². The van der Waals surface area contributed by atoms with E-state index in [2.05, 4.69) is 10.6 Å². The molecule has 2 atom stereocenters. The van der Waals surface area contributed by atoms with Gasteiger partial charge < -0.3 is 5.73 Å². The van der Waals surface area contributed by atoms with Gasteiger partial charge in [0.15, 0.2) is 0 Å². The number of hydrogen-bond donors (Lipinski definition) is 3. The maximum absolute atomic E-state index is 8.30. The molecule has 0 aromatic carbocycles. The Morgan fingerprint density at radius 1 is 1.62 bits per heavy atom. The van der Waals surface area contributed by atoms with Gasteiger partial charge >= 0.3 is 0 Å². The van der Waals surface area contributed by atoms with E-state index in [1.165, 1.54) is 0 Å². The summed E-state index contributed by atoms with van der Waals surface area (Å²) in [5.41, 5.74) is 5.39. The highest BCUT2D eigenvalue weighted by molar-refractivity contribution is 4.99. The van der Waals surface area contributed by atoms with Gasteiger partial charge in [0, 0.05) is 6.67 Å². The zero-order valence-electron chi connectivity index (χ0n) is 4.39. The summed E-state index contributed by atoms with van der Waals surface area (Å²) in [6.45, 7) is 0.638. The third-order valence-corrected chi connectivity index (χ3v) is 1.16. The molecule has 4 N–H and O–H groups in total. The van der Waals surface area contributed by atoms with Crippen molar-refractivity contribution in [3.05, 3.63) is 0 Å². The normalized spacial score (nSPS) is 37.0. The van der Waals surface area contributed by atoms with Crippen LogP contribution in [0.4, 0.5) is 0 Å². The first-order valence-electron chi connectivity index (χ1n) is 2.46. The average molecular weight is 112 g/mol. The molecule has 1 fully saturated rings. The Bertz CT molecular complexity index is 116. The van der Waals surface area contributed by atoms with E-state index in [1.807, 2.05) is 6.07 Å². The van der Waals surface area contributed by atoms with E-state index in [4.69, 9.17) is 11.0 Å². The van der Waals surface area contributed by atoms with E-state index >= 15 is 0 Å². The smallest absolute Gasteiger partial charge is 0.125 e. The minimum Gasteiger partial charge on any atom is -0.314 e. The second kappa shape index (κ2) is 2.09. The van der Waals surface area contributed by atoms with Crippen LogP contribution < -0.4 is 16.4 Å². The van der Waals surface area contributed by atoms with Crippen molar-refractivity contribution >= 4 is 0 Å². The van der Waals surface area contributed by atoms with Gasteiger partial charge in [0.2, 0.25) is 0 Å². The standard InChI is InChI=1S/C4H8N4/c5-1-3-4(6)8-2-7-3/h3-4,7-8H,2,6H2/t3-,4-/m1/s1. The highest BCUT2D eigenvalue weighted by atomic mass is 15.2. The summed E-state index contributed by atoms with van der Waals surface area (Å²) in [6, 6.07) is 1.80. The first kappa shape index (κ1) is 5.51. The van der Waals surface area contributed by atoms with Crippen LogP contribution in [0.2, 0.25) is 0 Å². The van der Waals surface area contributed by atoms with Crippen LogP contribution in [0.15, 0.2) is 0 Å². The van der Waals surface area contributed by atoms with Gasteiger partial charge in [-0.2, -0.15) is 5.26 Å². The molecule has 4 nitrogen and oxygen atoms in total. The SMILES string of the molecule is N#C[C@H]1NCN[C@H]1N. The van der Waals surface area contributed by atoms with Gasteiger partial charge in [-0.15, -0.1) is 0 Å². The molecule has 0 aromatic rings. The Morgan fingerprint density at radius 2 is 2.38 bits per heavy atom. The average Bonchev–Trinajstić information content (AvgIpc) is 2.14. The van der Waals surface area contributed by atoms with Crippen LogP contribution in [-0.4, -0.2) is 18.9 Å². The molecule has 8 heavy (non-hydrogen) atoms. The van der Waals surface area contributed by atoms with Crippen molar-refractivity contribution < 1.29 is 0 Å². The molecule has 0 amide bonds. The van der Waals surface area contributed by atoms with E-state index in [9.17, 15) is 0 Å². The van der Waals surface area contributed by atoms with Crippen LogP contribution in [0.1, 0.15) is 0 Å². The molecule has 0 unspecified atom stereocenters. The maximum Gasteiger partial charge on any atom is 0.125 e. The molecular weight excluding hydrogens is 104 g/mol. The molecule has 0 saturated carbocycles. The largest absolute Gasteiger partial charge is 0.314 e. The molecule has 0 radical (unpaired) electrons. The van der Waals surface area contributed by atoms with Crippen LogP contribution in [0.5, 0.6) is 0 Å². The van der Waals surface area contributed by atoms with Gasteiger partial charge in [-0.1, -0.05) is 0 Å². The van der Waals surface area contributed by atoms with Gasteiger partial charge in [-0.25, -0.2) is 0 Å². The number of nitrogens with zero attached hydrogens (tertiary/aromatic N) is 1. The molecule has 1 aliphatic heterocycles. The predicted molar refractivity (Wildman–Crippen MR) is 28.5 cm³/mol. The van der Waals surface area contributed by atoms with Crippen molar-refractivity contribution in [1.29, 1.82) is 5.26 Å². The van der Waals surface area contributed by atoms with Crippen LogP contribution in [0.25, 0.3) is 0 Å². The summed E-state index contributed by atoms with van der Waals surface area (Å²) < 4.78 is 0. The molecule has 1 heterocycles. The van der Waals surface area contributed by atoms with Crippen molar-refractivity contribution in [3.63, 3.8) is 0 Å². The third kappa shape index (κ3) is 0.793. The molecular formula is C4H8N4. The Labute approximate surface area is 47.7 Å². The monoisotopic (exact) mass is 112 g/mol. The summed E-state index contributed by atoms with van der Waals surface area (Å²) in [5.74, 6) is 0. The molecule has 1 rings (SSSR count). The summed E-state index contributed by atoms with van der Waals surface area (Å²) in [5, 5.41) is 14.0. The minimum absolute atomic E-state index is 0.194. The van der Waals surface area contributed by atoms with Gasteiger partial charge in [-0.3, -0.25) is 10.6 Å². The van der Waals surface area contributed by atoms with Gasteiger partial charge in [0.05, 0.1) is 12.2 Å². The van der Waals surface area contributed by atoms with Crippen molar-refractivity contribution in [2.75, 3.05) is 6.67 Å². The molecule has 0 aliphatic carbocycles. The van der Waals surface area contributed by atoms with Crippen LogP contribution in [0, 0.1) is 11.3 Å². The second-order valence-electron chi connectivity index (χ2n) is 1.72. The fraction of sp³-hybridized carbons (Fsp3) is 0.750. The maximum atomic E-state index is 8.30. The van der Waals surface area contributed by atoms with Gasteiger partial charge in [-0.05, 0) is 0 Å². The lowest BCUT2D eigenvalue weighted by molar-refractivity contribution is 0.607. The molecule has 1 aliphatic rings. The van der Waals surface area contributed by atoms with Gasteiger partial charge in [0.25, 0.3) is 0 Å². The quantitative estimate of drug-likeness (QED) is 0.349. The van der Waals surface area contributed by atoms with E-state index in [-0.39, 0.29) is 12.2 Å². The summed E-state index contributed by atoms with van der Waals surface area (Å²) >= 11 is 0. The second-order valence-corrected chi connectivity index (χ2v) is 1.72. The van der Waals surface area contributed by atoms with Crippen molar-refractivity contribution in [3.8, 4) is 6.07 Å². The lowest BCUT2D eigenvalue weighted by Crippen LogP contribution is -2.40. The van der Waals surface area contributed by atoms with E-state index in [0.717, 1.165) is 0 Å². The zero-order chi connectivity index (χ0) is 5.98.